The van der Waals surface area contributed by atoms with Gasteiger partial charge in [-0.15, -0.1) is 0 Å². The van der Waals surface area contributed by atoms with Crippen molar-refractivity contribution >= 4 is 40.2 Å². The van der Waals surface area contributed by atoms with Crippen LogP contribution in [0.15, 0.2) is 82.9 Å². The molecule has 0 atom stereocenters. The Kier molecular flexibility index (Phi) is 5.90. The Morgan fingerprint density at radius 2 is 1.74 bits per heavy atom. The lowest BCUT2D eigenvalue weighted by Crippen LogP contribution is -2.23. The van der Waals surface area contributed by atoms with E-state index in [2.05, 4.69) is 15.3 Å². The minimum Gasteiger partial charge on any atom is -0.325 e. The van der Waals surface area contributed by atoms with Gasteiger partial charge in [-0.3, -0.25) is 19.0 Å². The number of rotatable bonds is 6. The van der Waals surface area contributed by atoms with Gasteiger partial charge >= 0.3 is 0 Å². The number of pyridine rings is 1. The molecule has 0 saturated heterocycles. The zero-order valence-electron chi connectivity index (χ0n) is 16.6. The average Bonchev–Trinajstić information content (AvgIpc) is 2.79. The van der Waals surface area contributed by atoms with Crippen LogP contribution in [0.3, 0.4) is 0 Å². The Morgan fingerprint density at radius 3 is 2.45 bits per heavy atom. The Bertz CT molecular complexity index is 1320. The number of fused-ring (bicyclic) bond motifs is 1. The number of anilines is 1. The molecule has 4 rings (SSSR count). The highest BCUT2D eigenvalue weighted by Gasteiger charge is 2.15. The highest BCUT2D eigenvalue weighted by atomic mass is 32.2. The number of hydrogen-bond acceptors (Lipinski definition) is 6. The van der Waals surface area contributed by atoms with Crippen LogP contribution in [0.25, 0.3) is 16.7 Å². The summed E-state index contributed by atoms with van der Waals surface area (Å²) in [5.74, 6) is -0.245. The summed E-state index contributed by atoms with van der Waals surface area (Å²) in [7, 11) is 0. The Labute approximate surface area is 182 Å². The minimum absolute atomic E-state index is 0.0386. The third kappa shape index (κ3) is 4.54. The number of thioether (sulfide) groups is 1. The second-order valence-electron chi connectivity index (χ2n) is 6.72. The molecule has 2 aromatic heterocycles. The van der Waals surface area contributed by atoms with Crippen LogP contribution in [-0.4, -0.2) is 32.0 Å². The van der Waals surface area contributed by atoms with E-state index < -0.39 is 0 Å². The zero-order valence-corrected chi connectivity index (χ0v) is 17.4. The van der Waals surface area contributed by atoms with Gasteiger partial charge < -0.3 is 5.32 Å². The quantitative estimate of drug-likeness (QED) is 0.285. The number of Topliss-reactive ketones (excluding diaryl/α,β-unsaturated/α-hetero) is 1. The van der Waals surface area contributed by atoms with E-state index in [0.29, 0.717) is 33.1 Å². The zero-order chi connectivity index (χ0) is 21.8. The van der Waals surface area contributed by atoms with Crippen molar-refractivity contribution < 1.29 is 9.59 Å². The van der Waals surface area contributed by atoms with Crippen molar-refractivity contribution in [3.05, 3.63) is 88.8 Å². The molecule has 1 amide bonds. The van der Waals surface area contributed by atoms with Crippen molar-refractivity contribution in [1.82, 2.24) is 14.5 Å². The first-order chi connectivity index (χ1) is 15.0. The van der Waals surface area contributed by atoms with E-state index in [0.717, 1.165) is 11.8 Å². The lowest BCUT2D eigenvalue weighted by Gasteiger charge is -2.13. The second kappa shape index (κ2) is 8.93. The van der Waals surface area contributed by atoms with Crippen molar-refractivity contribution in [3.63, 3.8) is 0 Å². The fraction of sp³-hybridized carbons (Fsp3) is 0.0870. The largest absolute Gasteiger partial charge is 0.325 e. The highest BCUT2D eigenvalue weighted by molar-refractivity contribution is 7.99. The third-order valence-corrected chi connectivity index (χ3v) is 5.47. The Hall–Kier alpha value is -3.78. The normalized spacial score (nSPS) is 10.7. The smallest absolute Gasteiger partial charge is 0.268 e. The maximum Gasteiger partial charge on any atom is 0.268 e. The summed E-state index contributed by atoms with van der Waals surface area (Å²) in [6, 6.07) is 19.2. The first-order valence-corrected chi connectivity index (χ1v) is 10.5. The van der Waals surface area contributed by atoms with Crippen LogP contribution in [0.2, 0.25) is 0 Å². The topological polar surface area (TPSA) is 94.0 Å². The second-order valence-corrected chi connectivity index (χ2v) is 7.66. The van der Waals surface area contributed by atoms with Gasteiger partial charge in [0, 0.05) is 17.4 Å². The predicted molar refractivity (Wildman–Crippen MR) is 121 cm³/mol. The average molecular weight is 430 g/mol. The van der Waals surface area contributed by atoms with Gasteiger partial charge in [0.05, 0.1) is 16.8 Å². The Balaban J connectivity index is 1.59. The summed E-state index contributed by atoms with van der Waals surface area (Å²) in [6.07, 6.45) is 1.58. The molecule has 0 fully saturated rings. The monoisotopic (exact) mass is 430 g/mol. The summed E-state index contributed by atoms with van der Waals surface area (Å²) in [6.45, 7) is 1.49. The first kappa shape index (κ1) is 20.5. The van der Waals surface area contributed by atoms with Crippen LogP contribution in [0.4, 0.5) is 5.69 Å². The lowest BCUT2D eigenvalue weighted by atomic mass is 10.1. The lowest BCUT2D eigenvalue weighted by molar-refractivity contribution is -0.113. The maximum absolute atomic E-state index is 13.1. The molecule has 0 unspecified atom stereocenters. The molecule has 2 heterocycles. The fourth-order valence-electron chi connectivity index (χ4n) is 3.02. The molecule has 0 aliphatic heterocycles. The van der Waals surface area contributed by atoms with Crippen molar-refractivity contribution in [2.45, 2.75) is 12.1 Å². The summed E-state index contributed by atoms with van der Waals surface area (Å²) in [5.41, 5.74) is 1.92. The molecule has 0 bridgehead atoms. The predicted octanol–water partition coefficient (Wildman–Crippen LogP) is 3.71. The number of carbonyl (C=O) groups is 2. The van der Waals surface area contributed by atoms with Crippen LogP contribution in [-0.2, 0) is 4.79 Å². The van der Waals surface area contributed by atoms with E-state index in [-0.39, 0.29) is 23.0 Å². The highest BCUT2D eigenvalue weighted by Crippen LogP contribution is 2.21. The number of benzene rings is 2. The number of carbonyl (C=O) groups excluding carboxylic acids is 2. The van der Waals surface area contributed by atoms with Crippen LogP contribution in [0.5, 0.6) is 0 Å². The first-order valence-electron chi connectivity index (χ1n) is 9.50. The maximum atomic E-state index is 13.1. The summed E-state index contributed by atoms with van der Waals surface area (Å²) in [5, 5.41) is 3.57. The van der Waals surface area contributed by atoms with Gasteiger partial charge in [-0.1, -0.05) is 30.0 Å². The standard InChI is InChI=1S/C23H18N4O3S/c1-15(28)16-9-11-17(12-10-16)25-20(29)14-31-23-26-21-19(8-5-13-24-21)22(30)27(23)18-6-3-2-4-7-18/h2-13H,14H2,1H3,(H,25,29). The number of nitrogens with zero attached hydrogens (tertiary/aromatic N) is 3. The van der Waals surface area contributed by atoms with Gasteiger partial charge in [0.25, 0.3) is 5.56 Å². The SMILES string of the molecule is CC(=O)c1ccc(NC(=O)CSc2nc3ncccc3c(=O)n2-c2ccccc2)cc1. The summed E-state index contributed by atoms with van der Waals surface area (Å²) < 4.78 is 1.49. The van der Waals surface area contributed by atoms with Gasteiger partial charge in [-0.25, -0.2) is 9.97 Å². The summed E-state index contributed by atoms with van der Waals surface area (Å²) >= 11 is 1.15. The molecule has 2 aromatic carbocycles. The van der Waals surface area contributed by atoms with E-state index in [1.807, 2.05) is 30.3 Å². The van der Waals surface area contributed by atoms with Crippen molar-refractivity contribution in [2.24, 2.45) is 0 Å². The number of ketones is 1. The molecule has 0 aliphatic carbocycles. The molecule has 4 aromatic rings. The molecular formula is C23H18N4O3S. The van der Waals surface area contributed by atoms with Gasteiger partial charge in [-0.05, 0) is 55.5 Å². The number of hydrogen-bond donors (Lipinski definition) is 1. The number of aromatic nitrogens is 3. The molecular weight excluding hydrogens is 412 g/mol. The van der Waals surface area contributed by atoms with E-state index in [1.54, 1.807) is 42.6 Å². The molecule has 154 valence electrons. The molecule has 0 saturated carbocycles. The fourth-order valence-corrected chi connectivity index (χ4v) is 3.82. The van der Waals surface area contributed by atoms with E-state index in [1.165, 1.54) is 11.5 Å². The van der Waals surface area contributed by atoms with Gasteiger partial charge in [0.15, 0.2) is 16.6 Å². The van der Waals surface area contributed by atoms with Crippen LogP contribution in [0, 0.1) is 0 Å². The number of para-hydroxylation sites is 1. The van der Waals surface area contributed by atoms with Crippen LogP contribution >= 0.6 is 11.8 Å². The Morgan fingerprint density at radius 1 is 1.00 bits per heavy atom. The van der Waals surface area contributed by atoms with Crippen molar-refractivity contribution in [2.75, 3.05) is 11.1 Å². The number of amides is 1. The van der Waals surface area contributed by atoms with E-state index >= 15 is 0 Å². The van der Waals surface area contributed by atoms with Crippen molar-refractivity contribution in [1.29, 1.82) is 0 Å². The van der Waals surface area contributed by atoms with Crippen LogP contribution < -0.4 is 10.9 Å². The van der Waals surface area contributed by atoms with Crippen molar-refractivity contribution in [3.8, 4) is 5.69 Å². The molecule has 1 N–H and O–H groups in total. The molecule has 0 spiro atoms. The van der Waals surface area contributed by atoms with E-state index in [4.69, 9.17) is 0 Å². The van der Waals surface area contributed by atoms with E-state index in [9.17, 15) is 14.4 Å². The summed E-state index contributed by atoms with van der Waals surface area (Å²) in [4.78, 5) is 45.7. The molecule has 31 heavy (non-hydrogen) atoms. The minimum atomic E-state index is -0.254. The van der Waals surface area contributed by atoms with Gasteiger partial charge in [0.2, 0.25) is 5.91 Å². The molecule has 7 nitrogen and oxygen atoms in total. The molecule has 0 aliphatic rings. The van der Waals surface area contributed by atoms with Gasteiger partial charge in [-0.2, -0.15) is 0 Å². The third-order valence-electron chi connectivity index (χ3n) is 4.53. The number of nitrogens with one attached hydrogen (secondary N) is 1. The van der Waals surface area contributed by atoms with Gasteiger partial charge in [0.1, 0.15) is 0 Å². The molecule has 0 radical (unpaired) electrons. The van der Waals surface area contributed by atoms with Crippen LogP contribution in [0.1, 0.15) is 17.3 Å². The molecule has 8 heteroatoms.